The highest BCUT2D eigenvalue weighted by molar-refractivity contribution is 6.31. The second-order valence-corrected chi connectivity index (χ2v) is 5.97. The summed E-state index contributed by atoms with van der Waals surface area (Å²) in [7, 11) is 0. The number of aromatic amines is 1. The minimum absolute atomic E-state index is 0.0375. The molecule has 1 N–H and O–H groups in total. The van der Waals surface area contributed by atoms with Gasteiger partial charge in [-0.25, -0.2) is 0 Å². The summed E-state index contributed by atoms with van der Waals surface area (Å²) in [6, 6.07) is 0. The van der Waals surface area contributed by atoms with Gasteiger partial charge in [0.2, 0.25) is 5.91 Å². The first-order chi connectivity index (χ1) is 10.6. The van der Waals surface area contributed by atoms with Gasteiger partial charge in [-0.1, -0.05) is 16.8 Å². The first kappa shape index (κ1) is 15.0. The Morgan fingerprint density at radius 2 is 2.27 bits per heavy atom. The highest BCUT2D eigenvalue weighted by Gasteiger charge is 2.27. The van der Waals surface area contributed by atoms with Gasteiger partial charge in [0.25, 0.3) is 0 Å². The Balaban J connectivity index is 1.68. The van der Waals surface area contributed by atoms with Crippen molar-refractivity contribution in [2.45, 2.75) is 39.2 Å². The van der Waals surface area contributed by atoms with E-state index in [1.807, 2.05) is 18.7 Å². The number of likely N-dealkylation sites (tertiary alicyclic amines) is 1. The van der Waals surface area contributed by atoms with E-state index in [2.05, 4.69) is 25.7 Å². The fourth-order valence-corrected chi connectivity index (χ4v) is 2.95. The first-order valence-electron chi connectivity index (χ1n) is 7.27. The smallest absolute Gasteiger partial charge is 0.244 e. The lowest BCUT2D eigenvalue weighted by Gasteiger charge is -2.31. The van der Waals surface area contributed by atoms with Gasteiger partial charge in [0.1, 0.15) is 6.54 Å². The minimum Gasteiger partial charge on any atom is -0.340 e. The van der Waals surface area contributed by atoms with E-state index in [1.54, 1.807) is 4.68 Å². The molecule has 0 aromatic carbocycles. The van der Waals surface area contributed by atoms with Gasteiger partial charge in [0, 0.05) is 19.0 Å². The van der Waals surface area contributed by atoms with Crippen molar-refractivity contribution in [3.05, 3.63) is 22.2 Å². The van der Waals surface area contributed by atoms with E-state index in [0.717, 1.165) is 30.8 Å². The van der Waals surface area contributed by atoms with Crippen LogP contribution in [0.4, 0.5) is 0 Å². The maximum Gasteiger partial charge on any atom is 0.244 e. The molecule has 0 saturated carbocycles. The Hall–Kier alpha value is -1.96. The summed E-state index contributed by atoms with van der Waals surface area (Å²) in [6.45, 7) is 5.28. The third-order valence-corrected chi connectivity index (χ3v) is 4.63. The fourth-order valence-electron chi connectivity index (χ4n) is 2.81. The Bertz CT molecular complexity index is 666. The number of amides is 1. The Kier molecular flexibility index (Phi) is 4.10. The van der Waals surface area contributed by atoms with Crippen molar-refractivity contribution in [2.75, 3.05) is 13.1 Å². The van der Waals surface area contributed by atoms with E-state index in [0.29, 0.717) is 17.4 Å². The third kappa shape index (κ3) is 2.83. The molecule has 1 amide bonds. The third-order valence-electron chi connectivity index (χ3n) is 4.08. The van der Waals surface area contributed by atoms with Crippen LogP contribution in [-0.4, -0.2) is 54.3 Å². The highest BCUT2D eigenvalue weighted by Crippen LogP contribution is 2.24. The van der Waals surface area contributed by atoms with Crippen molar-refractivity contribution in [3.8, 4) is 0 Å². The summed E-state index contributed by atoms with van der Waals surface area (Å²) >= 11 is 6.12. The predicted octanol–water partition coefficient (Wildman–Crippen LogP) is 1.07. The van der Waals surface area contributed by atoms with Crippen molar-refractivity contribution in [1.29, 1.82) is 0 Å². The molecule has 1 aliphatic heterocycles. The molecule has 9 heteroatoms. The minimum atomic E-state index is 0.0375. The zero-order chi connectivity index (χ0) is 15.7. The van der Waals surface area contributed by atoms with Crippen molar-refractivity contribution in [2.24, 2.45) is 0 Å². The number of nitrogens with one attached hydrogen (secondary N) is 1. The number of tetrazole rings is 1. The molecular formula is C13H18ClN7O. The molecule has 0 spiro atoms. The van der Waals surface area contributed by atoms with Gasteiger partial charge in [0.15, 0.2) is 5.82 Å². The SMILES string of the molecule is Cc1nn(CC(=O)N2CCCC(c3nn[nH]n3)C2)c(C)c1Cl. The summed E-state index contributed by atoms with van der Waals surface area (Å²) in [5.41, 5.74) is 1.56. The van der Waals surface area contributed by atoms with Crippen LogP contribution in [0, 0.1) is 13.8 Å². The molecule has 0 aliphatic carbocycles. The number of aryl methyl sites for hydroxylation is 1. The van der Waals surface area contributed by atoms with Crippen LogP contribution in [0.1, 0.15) is 36.0 Å². The highest BCUT2D eigenvalue weighted by atomic mass is 35.5. The summed E-state index contributed by atoms with van der Waals surface area (Å²) < 4.78 is 1.66. The fraction of sp³-hybridized carbons (Fsp3) is 0.615. The molecule has 2 aromatic rings. The van der Waals surface area contributed by atoms with E-state index >= 15 is 0 Å². The predicted molar refractivity (Wildman–Crippen MR) is 79.4 cm³/mol. The average molecular weight is 324 g/mol. The number of halogens is 1. The zero-order valence-electron chi connectivity index (χ0n) is 12.6. The van der Waals surface area contributed by atoms with E-state index in [1.165, 1.54) is 0 Å². The van der Waals surface area contributed by atoms with Crippen LogP contribution in [0.25, 0.3) is 0 Å². The van der Waals surface area contributed by atoms with Gasteiger partial charge >= 0.3 is 0 Å². The molecule has 8 nitrogen and oxygen atoms in total. The normalized spacial score (nSPS) is 18.7. The van der Waals surface area contributed by atoms with Crippen LogP contribution < -0.4 is 0 Å². The second kappa shape index (κ2) is 6.04. The first-order valence-corrected chi connectivity index (χ1v) is 7.64. The molecule has 1 fully saturated rings. The molecule has 2 aromatic heterocycles. The molecule has 118 valence electrons. The molecular weight excluding hydrogens is 306 g/mol. The molecule has 22 heavy (non-hydrogen) atoms. The molecule has 1 unspecified atom stereocenters. The molecule has 3 heterocycles. The number of nitrogens with zero attached hydrogens (tertiary/aromatic N) is 6. The topological polar surface area (TPSA) is 92.6 Å². The Morgan fingerprint density at radius 3 is 2.91 bits per heavy atom. The number of H-pyrrole nitrogens is 1. The Labute approximate surface area is 132 Å². The van der Waals surface area contributed by atoms with Crippen molar-refractivity contribution >= 4 is 17.5 Å². The quantitative estimate of drug-likeness (QED) is 0.912. The molecule has 1 aliphatic rings. The van der Waals surface area contributed by atoms with Gasteiger partial charge in [-0.15, -0.1) is 10.2 Å². The number of rotatable bonds is 3. The largest absolute Gasteiger partial charge is 0.340 e. The molecule has 1 saturated heterocycles. The molecule has 0 radical (unpaired) electrons. The maximum atomic E-state index is 12.5. The summed E-state index contributed by atoms with van der Waals surface area (Å²) in [4.78, 5) is 14.4. The Morgan fingerprint density at radius 1 is 1.45 bits per heavy atom. The second-order valence-electron chi connectivity index (χ2n) is 5.59. The molecule has 1 atom stereocenters. The van der Waals surface area contributed by atoms with Gasteiger partial charge in [-0.05, 0) is 26.7 Å². The number of aromatic nitrogens is 6. The number of carbonyl (C=O) groups is 1. The van der Waals surface area contributed by atoms with E-state index in [4.69, 9.17) is 11.6 Å². The summed E-state index contributed by atoms with van der Waals surface area (Å²) in [6.07, 6.45) is 1.90. The van der Waals surface area contributed by atoms with Crippen LogP contribution in [0.2, 0.25) is 5.02 Å². The lowest BCUT2D eigenvalue weighted by atomic mass is 9.97. The molecule has 3 rings (SSSR count). The van der Waals surface area contributed by atoms with Crippen molar-refractivity contribution in [3.63, 3.8) is 0 Å². The van der Waals surface area contributed by atoms with Crippen LogP contribution in [0.5, 0.6) is 0 Å². The van der Waals surface area contributed by atoms with E-state index < -0.39 is 0 Å². The lowest BCUT2D eigenvalue weighted by molar-refractivity contribution is -0.133. The van der Waals surface area contributed by atoms with Crippen molar-refractivity contribution in [1.82, 2.24) is 35.3 Å². The van der Waals surface area contributed by atoms with Gasteiger partial charge in [0.05, 0.1) is 16.4 Å². The zero-order valence-corrected chi connectivity index (χ0v) is 13.3. The van der Waals surface area contributed by atoms with E-state index in [-0.39, 0.29) is 18.4 Å². The van der Waals surface area contributed by atoms with Crippen LogP contribution >= 0.6 is 11.6 Å². The number of hydrogen-bond donors (Lipinski definition) is 1. The summed E-state index contributed by atoms with van der Waals surface area (Å²) in [5, 5.41) is 19.0. The maximum absolute atomic E-state index is 12.5. The van der Waals surface area contributed by atoms with Crippen LogP contribution in [0.15, 0.2) is 0 Å². The average Bonchev–Trinajstić information content (AvgIpc) is 3.13. The van der Waals surface area contributed by atoms with Crippen LogP contribution in [-0.2, 0) is 11.3 Å². The lowest BCUT2D eigenvalue weighted by Crippen LogP contribution is -2.41. The standard InChI is InChI=1S/C13H18ClN7O/c1-8-12(14)9(2)21(17-8)7-11(22)20-5-3-4-10(6-20)13-15-18-19-16-13/h10H,3-7H2,1-2H3,(H,15,16,18,19). The summed E-state index contributed by atoms with van der Waals surface area (Å²) in [5.74, 6) is 0.850. The molecule has 0 bridgehead atoms. The monoisotopic (exact) mass is 323 g/mol. The number of hydrogen-bond acceptors (Lipinski definition) is 5. The van der Waals surface area contributed by atoms with Gasteiger partial charge in [-0.3, -0.25) is 9.48 Å². The number of carbonyl (C=O) groups excluding carboxylic acids is 1. The van der Waals surface area contributed by atoms with Gasteiger partial charge < -0.3 is 4.90 Å². The van der Waals surface area contributed by atoms with Crippen LogP contribution in [0.3, 0.4) is 0 Å². The van der Waals surface area contributed by atoms with Crippen molar-refractivity contribution < 1.29 is 4.79 Å². The van der Waals surface area contributed by atoms with Gasteiger partial charge in [-0.2, -0.15) is 10.3 Å². The van der Waals surface area contributed by atoms with E-state index in [9.17, 15) is 4.79 Å². The number of piperidine rings is 1.